The van der Waals surface area contributed by atoms with Crippen LogP contribution in [-0.2, 0) is 12.3 Å². The summed E-state index contributed by atoms with van der Waals surface area (Å²) < 4.78 is 7.71. The molecule has 3 rings (SSSR count). The number of aryl methyl sites for hydroxylation is 1. The molecule has 0 bridgehead atoms. The fraction of sp³-hybridized carbons (Fsp3) is 0.471. The molecule has 0 radical (unpaired) electrons. The van der Waals surface area contributed by atoms with Crippen molar-refractivity contribution in [3.8, 4) is 5.19 Å². The van der Waals surface area contributed by atoms with Crippen molar-refractivity contribution in [2.75, 3.05) is 6.61 Å². The molecule has 0 unspecified atom stereocenters. The van der Waals surface area contributed by atoms with Gasteiger partial charge in [0.2, 0.25) is 0 Å². The van der Waals surface area contributed by atoms with E-state index >= 15 is 0 Å². The maximum Gasteiger partial charge on any atom is 0.294 e. The second-order valence-electron chi connectivity index (χ2n) is 5.90. The minimum absolute atomic E-state index is 0.618. The third-order valence-electron chi connectivity index (χ3n) is 3.59. The van der Waals surface area contributed by atoms with Gasteiger partial charge in [-0.1, -0.05) is 49.1 Å². The first kappa shape index (κ1) is 17.2. The minimum Gasteiger partial charge on any atom is -0.469 e. The van der Waals surface area contributed by atoms with Crippen molar-refractivity contribution < 1.29 is 4.74 Å². The highest BCUT2D eigenvalue weighted by Gasteiger charge is 2.13. The molecule has 0 aliphatic rings. The zero-order valence-corrected chi connectivity index (χ0v) is 15.9. The van der Waals surface area contributed by atoms with Gasteiger partial charge in [-0.3, -0.25) is 0 Å². The number of hydrogen-bond acceptors (Lipinski definition) is 6. The van der Waals surface area contributed by atoms with Crippen molar-refractivity contribution in [2.24, 2.45) is 5.92 Å². The Hall–Kier alpha value is -1.60. The van der Waals surface area contributed by atoms with Crippen molar-refractivity contribution in [2.45, 2.75) is 44.6 Å². The molecule has 7 heteroatoms. The molecule has 0 spiro atoms. The lowest BCUT2D eigenvalue weighted by Crippen LogP contribution is -2.03. The number of ether oxygens (including phenoxy) is 1. The molecule has 0 fully saturated rings. The average molecular weight is 363 g/mol. The van der Waals surface area contributed by atoms with Gasteiger partial charge in [-0.15, -0.1) is 10.2 Å². The number of aromatic nitrogens is 4. The van der Waals surface area contributed by atoms with Gasteiger partial charge in [0.25, 0.3) is 5.19 Å². The SMILES string of the molecule is CCOc1nnc(CSc2nc3ccccc3n2CCC(C)C)s1. The van der Waals surface area contributed by atoms with E-state index in [2.05, 4.69) is 46.8 Å². The molecule has 3 aromatic rings. The molecule has 0 amide bonds. The Morgan fingerprint density at radius 3 is 2.88 bits per heavy atom. The third kappa shape index (κ3) is 4.08. The number of hydrogen-bond donors (Lipinski definition) is 0. The number of nitrogens with zero attached hydrogens (tertiary/aromatic N) is 4. The first-order valence-electron chi connectivity index (χ1n) is 8.20. The molecular weight excluding hydrogens is 340 g/mol. The van der Waals surface area contributed by atoms with Crippen LogP contribution in [0, 0.1) is 5.92 Å². The monoisotopic (exact) mass is 362 g/mol. The normalized spacial score (nSPS) is 11.5. The van der Waals surface area contributed by atoms with E-state index in [-0.39, 0.29) is 0 Å². The van der Waals surface area contributed by atoms with Gasteiger partial charge in [0, 0.05) is 6.54 Å². The van der Waals surface area contributed by atoms with Gasteiger partial charge in [0.05, 0.1) is 23.4 Å². The number of benzene rings is 1. The number of rotatable bonds is 8. The van der Waals surface area contributed by atoms with E-state index < -0.39 is 0 Å². The Morgan fingerprint density at radius 2 is 2.08 bits per heavy atom. The van der Waals surface area contributed by atoms with E-state index in [0.717, 1.165) is 34.4 Å². The molecule has 2 heterocycles. The smallest absolute Gasteiger partial charge is 0.294 e. The molecule has 1 aromatic carbocycles. The summed E-state index contributed by atoms with van der Waals surface area (Å²) in [6.45, 7) is 8.06. The van der Waals surface area contributed by atoms with Crippen molar-refractivity contribution in [1.82, 2.24) is 19.7 Å². The zero-order valence-electron chi connectivity index (χ0n) is 14.2. The predicted octanol–water partition coefficient (Wildman–Crippen LogP) is 4.62. The molecule has 0 atom stereocenters. The summed E-state index contributed by atoms with van der Waals surface area (Å²) in [5.74, 6) is 1.43. The van der Waals surface area contributed by atoms with E-state index in [1.165, 1.54) is 16.9 Å². The Morgan fingerprint density at radius 1 is 1.25 bits per heavy atom. The van der Waals surface area contributed by atoms with Gasteiger partial charge in [-0.2, -0.15) is 0 Å². The molecule has 0 N–H and O–H groups in total. The van der Waals surface area contributed by atoms with Gasteiger partial charge in [0.15, 0.2) is 5.16 Å². The van der Waals surface area contributed by atoms with Gasteiger partial charge in [-0.05, 0) is 31.4 Å². The van der Waals surface area contributed by atoms with Crippen molar-refractivity contribution >= 4 is 34.1 Å². The van der Waals surface area contributed by atoms with E-state index in [4.69, 9.17) is 9.72 Å². The molecule has 0 saturated carbocycles. The van der Waals surface area contributed by atoms with Crippen LogP contribution in [0.2, 0.25) is 0 Å². The topological polar surface area (TPSA) is 52.8 Å². The first-order chi connectivity index (χ1) is 11.7. The quantitative estimate of drug-likeness (QED) is 0.547. The summed E-state index contributed by atoms with van der Waals surface area (Å²) in [5, 5.41) is 10.9. The van der Waals surface area contributed by atoms with E-state index in [0.29, 0.717) is 17.7 Å². The second kappa shape index (κ2) is 7.98. The summed E-state index contributed by atoms with van der Waals surface area (Å²) in [6, 6.07) is 8.33. The van der Waals surface area contributed by atoms with Gasteiger partial charge >= 0.3 is 0 Å². The van der Waals surface area contributed by atoms with Crippen LogP contribution in [0.1, 0.15) is 32.2 Å². The van der Waals surface area contributed by atoms with Crippen LogP contribution in [0.25, 0.3) is 11.0 Å². The maximum atomic E-state index is 5.39. The van der Waals surface area contributed by atoms with Crippen LogP contribution in [0.5, 0.6) is 5.19 Å². The summed E-state index contributed by atoms with van der Waals surface area (Å²) in [4.78, 5) is 4.80. The predicted molar refractivity (Wildman–Crippen MR) is 99.8 cm³/mol. The number of para-hydroxylation sites is 2. The standard InChI is InChI=1S/C17H22N4OS2/c1-4-22-17-20-19-15(24-17)11-23-16-18-13-7-5-6-8-14(13)21(16)10-9-12(2)3/h5-8,12H,4,9-11H2,1-3H3. The average Bonchev–Trinajstić information content (AvgIpc) is 3.15. The summed E-state index contributed by atoms with van der Waals surface area (Å²) in [6.07, 6.45) is 1.14. The summed E-state index contributed by atoms with van der Waals surface area (Å²) >= 11 is 3.22. The maximum absolute atomic E-state index is 5.39. The molecule has 2 aromatic heterocycles. The van der Waals surface area contributed by atoms with Crippen LogP contribution in [0.15, 0.2) is 29.4 Å². The summed E-state index contributed by atoms with van der Waals surface area (Å²) in [5.41, 5.74) is 2.25. The lowest BCUT2D eigenvalue weighted by molar-refractivity contribution is 0.335. The Kier molecular flexibility index (Phi) is 5.73. The highest BCUT2D eigenvalue weighted by atomic mass is 32.2. The van der Waals surface area contributed by atoms with Crippen molar-refractivity contribution in [1.29, 1.82) is 0 Å². The molecular formula is C17H22N4OS2. The van der Waals surface area contributed by atoms with Crippen molar-refractivity contribution in [3.63, 3.8) is 0 Å². The van der Waals surface area contributed by atoms with Gasteiger partial charge < -0.3 is 9.30 Å². The highest BCUT2D eigenvalue weighted by Crippen LogP contribution is 2.29. The van der Waals surface area contributed by atoms with Crippen LogP contribution in [0.3, 0.4) is 0 Å². The Bertz CT molecular complexity index is 797. The first-order valence-corrected chi connectivity index (χ1v) is 10.0. The van der Waals surface area contributed by atoms with Crippen LogP contribution in [-0.4, -0.2) is 26.4 Å². The van der Waals surface area contributed by atoms with Gasteiger partial charge in [0.1, 0.15) is 5.01 Å². The second-order valence-corrected chi connectivity index (χ2v) is 7.87. The van der Waals surface area contributed by atoms with Crippen LogP contribution >= 0.6 is 23.1 Å². The Labute approximate surface area is 150 Å². The molecule has 0 aliphatic heterocycles. The molecule has 0 saturated heterocycles. The fourth-order valence-corrected chi connectivity index (χ4v) is 4.14. The lowest BCUT2D eigenvalue weighted by Gasteiger charge is -2.10. The molecule has 0 aliphatic carbocycles. The highest BCUT2D eigenvalue weighted by molar-refractivity contribution is 7.98. The Balaban J connectivity index is 1.78. The fourth-order valence-electron chi connectivity index (χ4n) is 2.37. The van der Waals surface area contributed by atoms with E-state index in [1.807, 2.05) is 13.0 Å². The summed E-state index contributed by atoms with van der Waals surface area (Å²) in [7, 11) is 0. The molecule has 24 heavy (non-hydrogen) atoms. The van der Waals surface area contributed by atoms with Crippen LogP contribution in [0.4, 0.5) is 0 Å². The molecule has 128 valence electrons. The minimum atomic E-state index is 0.618. The van der Waals surface area contributed by atoms with E-state index in [1.54, 1.807) is 11.8 Å². The molecule has 5 nitrogen and oxygen atoms in total. The zero-order chi connectivity index (χ0) is 16.9. The largest absolute Gasteiger partial charge is 0.469 e. The third-order valence-corrected chi connectivity index (χ3v) is 5.60. The lowest BCUT2D eigenvalue weighted by atomic mass is 10.1. The van der Waals surface area contributed by atoms with Gasteiger partial charge in [-0.25, -0.2) is 4.98 Å². The van der Waals surface area contributed by atoms with Crippen molar-refractivity contribution in [3.05, 3.63) is 29.3 Å². The number of imidazole rings is 1. The van der Waals surface area contributed by atoms with E-state index in [9.17, 15) is 0 Å². The number of thioether (sulfide) groups is 1. The number of fused-ring (bicyclic) bond motifs is 1. The van der Waals surface area contributed by atoms with Crippen LogP contribution < -0.4 is 4.74 Å².